The van der Waals surface area contributed by atoms with Crippen molar-refractivity contribution in [3.05, 3.63) is 17.5 Å². The second kappa shape index (κ2) is 4.40. The highest BCUT2D eigenvalue weighted by Crippen LogP contribution is 2.30. The number of nitrogens with zero attached hydrogens (tertiary/aromatic N) is 2. The van der Waals surface area contributed by atoms with Gasteiger partial charge in [-0.25, -0.2) is 0 Å². The summed E-state index contributed by atoms with van der Waals surface area (Å²) in [6, 6.07) is 0. The quantitative estimate of drug-likeness (QED) is 0.770. The van der Waals surface area contributed by atoms with Crippen LogP contribution in [0.2, 0.25) is 0 Å². The number of nitrogens with one attached hydrogen (secondary N) is 1. The van der Waals surface area contributed by atoms with E-state index in [9.17, 15) is 4.79 Å². The predicted octanol–water partition coefficient (Wildman–Crippen LogP) is 1.20. The highest BCUT2D eigenvalue weighted by atomic mass is 16.2. The summed E-state index contributed by atoms with van der Waals surface area (Å²) < 4.78 is 0. The van der Waals surface area contributed by atoms with Crippen LogP contribution >= 0.6 is 0 Å². The van der Waals surface area contributed by atoms with Crippen LogP contribution in [0.15, 0.2) is 6.20 Å². The van der Waals surface area contributed by atoms with Gasteiger partial charge in [0.1, 0.15) is 0 Å². The molecule has 0 aromatic carbocycles. The molecule has 4 heteroatoms. The maximum absolute atomic E-state index is 12.2. The van der Waals surface area contributed by atoms with Crippen molar-refractivity contribution in [2.45, 2.75) is 19.8 Å². The molecule has 0 saturated heterocycles. The van der Waals surface area contributed by atoms with Crippen LogP contribution in [-0.4, -0.2) is 34.1 Å². The summed E-state index contributed by atoms with van der Waals surface area (Å²) in [7, 11) is 0. The smallest absolute Gasteiger partial charge is 0.258 e. The van der Waals surface area contributed by atoms with Gasteiger partial charge in [0.15, 0.2) is 0 Å². The van der Waals surface area contributed by atoms with Gasteiger partial charge in [0, 0.05) is 12.2 Å². The van der Waals surface area contributed by atoms with Crippen molar-refractivity contribution in [1.29, 1.82) is 0 Å². The van der Waals surface area contributed by atoms with Crippen molar-refractivity contribution >= 4 is 5.91 Å². The summed E-state index contributed by atoms with van der Waals surface area (Å²) in [5.74, 6) is 3.16. The molecule has 0 bridgehead atoms. The minimum atomic E-state index is -0.0175. The van der Waals surface area contributed by atoms with Crippen LogP contribution in [0, 0.1) is 25.2 Å². The van der Waals surface area contributed by atoms with Gasteiger partial charge in [-0.05, 0) is 25.7 Å². The molecule has 4 nitrogen and oxygen atoms in total. The number of aryl methyl sites for hydroxylation is 1. The van der Waals surface area contributed by atoms with Crippen molar-refractivity contribution in [1.82, 2.24) is 15.1 Å². The third-order valence-corrected chi connectivity index (χ3v) is 2.81. The average molecular weight is 217 g/mol. The van der Waals surface area contributed by atoms with Crippen molar-refractivity contribution in [3.63, 3.8) is 0 Å². The molecule has 0 spiro atoms. The average Bonchev–Trinajstić information content (AvgIpc) is 2.98. The third kappa shape index (κ3) is 2.25. The number of hydrogen-bond donors (Lipinski definition) is 1. The summed E-state index contributed by atoms with van der Waals surface area (Å²) in [5, 5.41) is 6.62. The Labute approximate surface area is 95.0 Å². The number of carbonyl (C=O) groups is 1. The SMILES string of the molecule is C#CCN(CC1CC1)C(=O)c1cn[nH]c1C. The number of aromatic amines is 1. The van der Waals surface area contributed by atoms with E-state index in [1.54, 1.807) is 11.1 Å². The molecule has 1 aromatic rings. The van der Waals surface area contributed by atoms with E-state index < -0.39 is 0 Å². The van der Waals surface area contributed by atoms with Crippen LogP contribution in [0.4, 0.5) is 0 Å². The lowest BCUT2D eigenvalue weighted by molar-refractivity contribution is 0.0769. The molecule has 1 amide bonds. The first kappa shape index (κ1) is 10.7. The van der Waals surface area contributed by atoms with E-state index in [4.69, 9.17) is 6.42 Å². The fourth-order valence-electron chi connectivity index (χ4n) is 1.68. The van der Waals surface area contributed by atoms with Crippen molar-refractivity contribution in [3.8, 4) is 12.3 Å². The largest absolute Gasteiger partial charge is 0.327 e. The van der Waals surface area contributed by atoms with Gasteiger partial charge in [0.25, 0.3) is 5.91 Å². The first-order valence-corrected chi connectivity index (χ1v) is 5.45. The normalized spacial score (nSPS) is 14.5. The highest BCUT2D eigenvalue weighted by molar-refractivity contribution is 5.95. The van der Waals surface area contributed by atoms with Gasteiger partial charge in [0.2, 0.25) is 0 Å². The summed E-state index contributed by atoms with van der Waals surface area (Å²) >= 11 is 0. The summed E-state index contributed by atoms with van der Waals surface area (Å²) in [5.41, 5.74) is 1.42. The Morgan fingerprint density at radius 1 is 1.75 bits per heavy atom. The van der Waals surface area contributed by atoms with Gasteiger partial charge in [-0.15, -0.1) is 6.42 Å². The zero-order chi connectivity index (χ0) is 11.5. The van der Waals surface area contributed by atoms with Gasteiger partial charge in [-0.1, -0.05) is 5.92 Å². The molecule has 0 radical (unpaired) electrons. The third-order valence-electron chi connectivity index (χ3n) is 2.81. The van der Waals surface area contributed by atoms with Crippen molar-refractivity contribution in [2.24, 2.45) is 5.92 Å². The molecular weight excluding hydrogens is 202 g/mol. The number of amides is 1. The van der Waals surface area contributed by atoms with Crippen LogP contribution in [0.3, 0.4) is 0 Å². The maximum Gasteiger partial charge on any atom is 0.258 e. The molecule has 0 unspecified atom stereocenters. The highest BCUT2D eigenvalue weighted by Gasteiger charge is 2.27. The standard InChI is InChI=1S/C12H15N3O/c1-3-6-15(8-10-4-5-10)12(16)11-7-13-14-9(11)2/h1,7,10H,4-6,8H2,2H3,(H,13,14). The minimum Gasteiger partial charge on any atom is -0.327 e. The Morgan fingerprint density at radius 3 is 3.00 bits per heavy atom. The number of terminal acetylenes is 1. The molecule has 1 aliphatic rings. The fraction of sp³-hybridized carbons (Fsp3) is 0.500. The van der Waals surface area contributed by atoms with Crippen LogP contribution in [0.1, 0.15) is 28.9 Å². The molecule has 0 atom stereocenters. The topological polar surface area (TPSA) is 49.0 Å². The summed E-state index contributed by atoms with van der Waals surface area (Å²) in [6.07, 6.45) is 9.27. The van der Waals surface area contributed by atoms with E-state index in [2.05, 4.69) is 16.1 Å². The zero-order valence-corrected chi connectivity index (χ0v) is 9.36. The monoisotopic (exact) mass is 217 g/mol. The first-order chi connectivity index (χ1) is 7.72. The van der Waals surface area contributed by atoms with Crippen LogP contribution in [0.5, 0.6) is 0 Å². The van der Waals surface area contributed by atoms with Crippen LogP contribution in [-0.2, 0) is 0 Å². The Balaban J connectivity index is 2.10. The molecule has 1 heterocycles. The van der Waals surface area contributed by atoms with Gasteiger partial charge >= 0.3 is 0 Å². The van der Waals surface area contributed by atoms with E-state index in [1.165, 1.54) is 12.8 Å². The Bertz CT molecular complexity index is 426. The molecular formula is C12H15N3O. The van der Waals surface area contributed by atoms with E-state index in [0.717, 1.165) is 12.2 Å². The molecule has 2 rings (SSSR count). The number of H-pyrrole nitrogens is 1. The van der Waals surface area contributed by atoms with Crippen molar-refractivity contribution < 1.29 is 4.79 Å². The van der Waals surface area contributed by atoms with Gasteiger partial charge in [-0.2, -0.15) is 5.10 Å². The lowest BCUT2D eigenvalue weighted by atomic mass is 10.2. The molecule has 84 valence electrons. The van der Waals surface area contributed by atoms with E-state index >= 15 is 0 Å². The lowest BCUT2D eigenvalue weighted by Crippen LogP contribution is -2.33. The van der Waals surface area contributed by atoms with Gasteiger partial charge in [0.05, 0.1) is 18.3 Å². The lowest BCUT2D eigenvalue weighted by Gasteiger charge is -2.19. The number of carbonyl (C=O) groups excluding carboxylic acids is 1. The van der Waals surface area contributed by atoms with Crippen molar-refractivity contribution in [2.75, 3.05) is 13.1 Å². The van der Waals surface area contributed by atoms with E-state index in [-0.39, 0.29) is 5.91 Å². The summed E-state index contributed by atoms with van der Waals surface area (Å²) in [6.45, 7) is 2.99. The van der Waals surface area contributed by atoms with E-state index in [1.807, 2.05) is 6.92 Å². The first-order valence-electron chi connectivity index (χ1n) is 5.45. The molecule has 0 aliphatic heterocycles. The fourth-order valence-corrected chi connectivity index (χ4v) is 1.68. The molecule has 1 fully saturated rings. The number of aromatic nitrogens is 2. The second-order valence-corrected chi connectivity index (χ2v) is 4.24. The molecule has 1 N–H and O–H groups in total. The van der Waals surface area contributed by atoms with Crippen LogP contribution < -0.4 is 0 Å². The zero-order valence-electron chi connectivity index (χ0n) is 9.36. The maximum atomic E-state index is 12.2. The van der Waals surface area contributed by atoms with Gasteiger partial charge in [-0.3, -0.25) is 9.89 Å². The Hall–Kier alpha value is -1.76. The predicted molar refractivity (Wildman–Crippen MR) is 60.8 cm³/mol. The number of rotatable bonds is 4. The second-order valence-electron chi connectivity index (χ2n) is 4.24. The summed E-state index contributed by atoms with van der Waals surface area (Å²) in [4.78, 5) is 13.9. The Kier molecular flexibility index (Phi) is 2.95. The van der Waals surface area contributed by atoms with E-state index in [0.29, 0.717) is 18.0 Å². The molecule has 16 heavy (non-hydrogen) atoms. The minimum absolute atomic E-state index is 0.0175. The number of hydrogen-bond acceptors (Lipinski definition) is 2. The van der Waals surface area contributed by atoms with Crippen LogP contribution in [0.25, 0.3) is 0 Å². The molecule has 1 aromatic heterocycles. The van der Waals surface area contributed by atoms with Gasteiger partial charge < -0.3 is 4.90 Å². The molecule has 1 aliphatic carbocycles. The Morgan fingerprint density at radius 2 is 2.50 bits per heavy atom. The molecule has 1 saturated carbocycles.